The highest BCUT2D eigenvalue weighted by molar-refractivity contribution is 7.99. The summed E-state index contributed by atoms with van der Waals surface area (Å²) in [6.45, 7) is 5.75. The molecule has 2 fully saturated rings. The summed E-state index contributed by atoms with van der Waals surface area (Å²) in [6, 6.07) is 4.56. The fourth-order valence-electron chi connectivity index (χ4n) is 3.45. The number of nitrogens with zero attached hydrogens (tertiary/aromatic N) is 5. The molecule has 2 aliphatic heterocycles. The van der Waals surface area contributed by atoms with Crippen LogP contribution in [0.25, 0.3) is 0 Å². The van der Waals surface area contributed by atoms with E-state index in [1.165, 1.54) is 11.8 Å². The van der Waals surface area contributed by atoms with Crippen molar-refractivity contribution in [2.24, 2.45) is 13.0 Å². The molecular weight excluding hydrogens is 326 g/mol. The zero-order chi connectivity index (χ0) is 16.5. The van der Waals surface area contributed by atoms with Crippen molar-refractivity contribution in [3.63, 3.8) is 0 Å². The molecule has 0 aliphatic carbocycles. The van der Waals surface area contributed by atoms with E-state index in [0.29, 0.717) is 12.0 Å². The lowest BCUT2D eigenvalue weighted by atomic mass is 10.1. The van der Waals surface area contributed by atoms with Crippen LogP contribution < -0.4 is 0 Å². The summed E-state index contributed by atoms with van der Waals surface area (Å²) < 4.78 is 13.7. The van der Waals surface area contributed by atoms with Crippen molar-refractivity contribution in [2.45, 2.75) is 22.8 Å². The number of ether oxygens (including phenoxy) is 1. The Hall–Kier alpha value is -1.35. The maximum atomic E-state index is 6.00. The Morgan fingerprint density at radius 1 is 1.21 bits per heavy atom. The Balaban J connectivity index is 1.41. The predicted molar refractivity (Wildman–Crippen MR) is 89.8 cm³/mol. The first-order chi connectivity index (χ1) is 11.7. The van der Waals surface area contributed by atoms with E-state index in [1.807, 2.05) is 17.7 Å². The zero-order valence-corrected chi connectivity index (χ0v) is 14.9. The average molecular weight is 349 g/mol. The quantitative estimate of drug-likeness (QED) is 0.825. The lowest BCUT2D eigenvalue weighted by Crippen LogP contribution is -2.41. The van der Waals surface area contributed by atoms with E-state index in [0.717, 1.165) is 55.4 Å². The van der Waals surface area contributed by atoms with Gasteiger partial charge in [0.05, 0.1) is 19.8 Å². The van der Waals surface area contributed by atoms with Crippen molar-refractivity contribution in [3.05, 3.63) is 24.2 Å². The van der Waals surface area contributed by atoms with Crippen LogP contribution in [0.3, 0.4) is 0 Å². The summed E-state index contributed by atoms with van der Waals surface area (Å²) in [6.07, 6.45) is 1.70. The second kappa shape index (κ2) is 6.87. The highest BCUT2D eigenvalue weighted by Crippen LogP contribution is 2.28. The van der Waals surface area contributed by atoms with Gasteiger partial charge in [0, 0.05) is 38.6 Å². The lowest BCUT2D eigenvalue weighted by Gasteiger charge is -2.28. The molecule has 2 aromatic heterocycles. The number of furan rings is 1. The van der Waals surface area contributed by atoms with Crippen molar-refractivity contribution in [1.82, 2.24) is 24.6 Å². The number of rotatable bonds is 4. The highest BCUT2D eigenvalue weighted by atomic mass is 32.2. The fraction of sp³-hybridized carbons (Fsp3) is 0.625. The van der Waals surface area contributed by atoms with E-state index in [4.69, 9.17) is 9.15 Å². The molecule has 8 heteroatoms. The van der Waals surface area contributed by atoms with Crippen LogP contribution >= 0.6 is 11.8 Å². The van der Waals surface area contributed by atoms with Gasteiger partial charge in [0.1, 0.15) is 12.1 Å². The molecule has 2 saturated heterocycles. The second-order valence-corrected chi connectivity index (χ2v) is 7.71. The van der Waals surface area contributed by atoms with E-state index < -0.39 is 0 Å². The molecule has 4 rings (SSSR count). The van der Waals surface area contributed by atoms with Gasteiger partial charge >= 0.3 is 0 Å². The molecule has 7 nitrogen and oxygen atoms in total. The van der Waals surface area contributed by atoms with Crippen molar-refractivity contribution < 1.29 is 9.15 Å². The van der Waals surface area contributed by atoms with Crippen molar-refractivity contribution >= 4 is 11.8 Å². The van der Waals surface area contributed by atoms with Crippen LogP contribution in [0.2, 0.25) is 0 Å². The van der Waals surface area contributed by atoms with Gasteiger partial charge in [0.2, 0.25) is 0 Å². The molecule has 0 N–H and O–H groups in total. The second-order valence-electron chi connectivity index (χ2n) is 6.74. The Morgan fingerprint density at radius 3 is 2.96 bits per heavy atom. The molecule has 2 atom stereocenters. The fourth-order valence-corrected chi connectivity index (χ4v) is 4.19. The number of fused-ring (bicyclic) bond motifs is 3. The molecular formula is C16H23N5O2S. The summed E-state index contributed by atoms with van der Waals surface area (Å²) in [5.41, 5.74) is 0. The normalized spacial score (nSPS) is 25.8. The number of hydrogen-bond donors (Lipinski definition) is 0. The molecule has 0 unspecified atom stereocenters. The zero-order valence-electron chi connectivity index (χ0n) is 14.1. The monoisotopic (exact) mass is 349 g/mol. The van der Waals surface area contributed by atoms with Crippen LogP contribution in [0.1, 0.15) is 5.76 Å². The molecule has 2 aromatic rings. The number of likely N-dealkylation sites (N-methyl/N-ethyl adjacent to an activating group) is 1. The van der Waals surface area contributed by atoms with Gasteiger partial charge in [-0.1, -0.05) is 0 Å². The van der Waals surface area contributed by atoms with E-state index >= 15 is 0 Å². The van der Waals surface area contributed by atoms with Crippen LogP contribution in [-0.4, -0.2) is 70.5 Å². The average Bonchev–Trinajstić information content (AvgIpc) is 3.05. The van der Waals surface area contributed by atoms with Gasteiger partial charge in [-0.25, -0.2) is 0 Å². The minimum atomic E-state index is 0.472. The third kappa shape index (κ3) is 3.51. The lowest BCUT2D eigenvalue weighted by molar-refractivity contribution is 0.0493. The largest absolute Gasteiger partial charge is 0.453 e. The van der Waals surface area contributed by atoms with Gasteiger partial charge in [-0.3, -0.25) is 9.80 Å². The maximum absolute atomic E-state index is 6.00. The molecule has 2 bridgehead atoms. The Bertz CT molecular complexity index is 688. The number of aryl methyl sites for hydroxylation is 1. The molecule has 0 amide bonds. The smallest absolute Gasteiger partial charge is 0.198 e. The molecule has 0 radical (unpaired) electrons. The maximum Gasteiger partial charge on any atom is 0.198 e. The number of aromatic nitrogens is 3. The molecule has 4 heterocycles. The van der Waals surface area contributed by atoms with Gasteiger partial charge < -0.3 is 13.7 Å². The Labute approximate surface area is 146 Å². The molecule has 0 saturated carbocycles. The minimum Gasteiger partial charge on any atom is -0.453 e. The van der Waals surface area contributed by atoms with Crippen molar-refractivity contribution in [1.29, 1.82) is 0 Å². The van der Waals surface area contributed by atoms with E-state index in [9.17, 15) is 0 Å². The summed E-state index contributed by atoms with van der Waals surface area (Å²) in [4.78, 5) is 4.94. The molecule has 24 heavy (non-hydrogen) atoms. The van der Waals surface area contributed by atoms with Gasteiger partial charge in [-0.2, -0.15) is 0 Å². The standard InChI is InChI=1S/C16H23N5O2S/c1-19-5-12-6-21(7-13(19)10-22-9-12)8-14-3-4-15(23-14)24-16-18-17-11-20(16)2/h3-4,11-13H,5-10H2,1-2H3/t12-,13+/m1/s1. The molecule has 0 aromatic carbocycles. The SMILES string of the molecule is CN1C[C@H]2COC[C@@H]1CN(Cc1ccc(Sc3nncn3C)o1)C2. The van der Waals surface area contributed by atoms with Crippen LogP contribution in [0.4, 0.5) is 0 Å². The molecule has 0 spiro atoms. The first-order valence-electron chi connectivity index (χ1n) is 8.28. The van der Waals surface area contributed by atoms with Crippen molar-refractivity contribution in [3.8, 4) is 0 Å². The summed E-state index contributed by atoms with van der Waals surface area (Å²) in [5.74, 6) is 1.58. The summed E-state index contributed by atoms with van der Waals surface area (Å²) in [5, 5.41) is 9.67. The van der Waals surface area contributed by atoms with E-state index in [-0.39, 0.29) is 0 Å². The highest BCUT2D eigenvalue weighted by Gasteiger charge is 2.31. The van der Waals surface area contributed by atoms with Crippen LogP contribution in [-0.2, 0) is 18.3 Å². The molecule has 2 aliphatic rings. The first kappa shape index (κ1) is 16.1. The van der Waals surface area contributed by atoms with Crippen LogP contribution in [0.15, 0.2) is 33.1 Å². The first-order valence-corrected chi connectivity index (χ1v) is 9.10. The van der Waals surface area contributed by atoms with E-state index in [2.05, 4.69) is 33.1 Å². The summed E-state index contributed by atoms with van der Waals surface area (Å²) in [7, 11) is 4.14. The minimum absolute atomic E-state index is 0.472. The number of hydrogen-bond acceptors (Lipinski definition) is 7. The van der Waals surface area contributed by atoms with Gasteiger partial charge in [0.25, 0.3) is 0 Å². The summed E-state index contributed by atoms with van der Waals surface area (Å²) >= 11 is 1.50. The molecule has 130 valence electrons. The predicted octanol–water partition coefficient (Wildman–Crippen LogP) is 1.32. The van der Waals surface area contributed by atoms with Gasteiger partial charge in [-0.15, -0.1) is 10.2 Å². The van der Waals surface area contributed by atoms with Gasteiger partial charge in [-0.05, 0) is 30.9 Å². The van der Waals surface area contributed by atoms with Crippen LogP contribution in [0.5, 0.6) is 0 Å². The Kier molecular flexibility index (Phi) is 4.62. The Morgan fingerprint density at radius 2 is 2.12 bits per heavy atom. The third-order valence-electron chi connectivity index (χ3n) is 4.70. The third-order valence-corrected chi connectivity index (χ3v) is 5.67. The van der Waals surface area contributed by atoms with E-state index in [1.54, 1.807) is 6.33 Å². The topological polar surface area (TPSA) is 59.6 Å². The van der Waals surface area contributed by atoms with Crippen LogP contribution in [0, 0.1) is 5.92 Å². The van der Waals surface area contributed by atoms with Gasteiger partial charge in [0.15, 0.2) is 10.2 Å². The van der Waals surface area contributed by atoms with Crippen molar-refractivity contribution in [2.75, 3.05) is 39.9 Å².